The highest BCUT2D eigenvalue weighted by Crippen LogP contribution is 2.10. The normalized spacial score (nSPS) is 11.1. The molecule has 0 aliphatic carbocycles. The summed E-state index contributed by atoms with van der Waals surface area (Å²) in [7, 11) is 1.32. The highest BCUT2D eigenvalue weighted by Gasteiger charge is 2.10. The number of amides is 1. The van der Waals surface area contributed by atoms with E-state index in [-0.39, 0.29) is 5.91 Å². The monoisotopic (exact) mass is 280 g/mol. The van der Waals surface area contributed by atoms with Crippen LogP contribution >= 0.6 is 11.3 Å². The second kappa shape index (κ2) is 8.20. The Labute approximate surface area is 116 Å². The van der Waals surface area contributed by atoms with Crippen molar-refractivity contribution in [2.24, 2.45) is 0 Å². The standard InChI is InChI=1S/C13H16N2O3S/c1-3-4-5-6-11(16)14-8-7-12-15-10(9-19-12)13(17)18-2/h3-6,9H,7-8H2,1-2H3,(H,14,16)/b4-3+,6-5+. The number of hydrogen-bond donors (Lipinski definition) is 1. The molecular formula is C13H16N2O3S. The fourth-order valence-electron chi connectivity index (χ4n) is 1.23. The second-order valence-corrected chi connectivity index (χ2v) is 4.49. The third-order valence-electron chi connectivity index (χ3n) is 2.14. The third kappa shape index (κ3) is 5.48. The van der Waals surface area contributed by atoms with Crippen LogP contribution in [0.3, 0.4) is 0 Å². The van der Waals surface area contributed by atoms with Crippen LogP contribution in [0.2, 0.25) is 0 Å². The smallest absolute Gasteiger partial charge is 0.357 e. The van der Waals surface area contributed by atoms with Crippen molar-refractivity contribution in [2.75, 3.05) is 13.7 Å². The average Bonchev–Trinajstić information content (AvgIpc) is 2.87. The maximum absolute atomic E-state index is 11.3. The first kappa shape index (κ1) is 15.1. The first-order chi connectivity index (χ1) is 9.17. The largest absolute Gasteiger partial charge is 0.464 e. The molecule has 1 aromatic rings. The van der Waals surface area contributed by atoms with Gasteiger partial charge in [-0.05, 0) is 6.92 Å². The number of rotatable bonds is 6. The molecule has 0 atom stereocenters. The summed E-state index contributed by atoms with van der Waals surface area (Å²) in [5, 5.41) is 5.17. The zero-order valence-corrected chi connectivity index (χ0v) is 11.7. The van der Waals surface area contributed by atoms with Crippen LogP contribution in [0.4, 0.5) is 0 Å². The molecule has 102 valence electrons. The Morgan fingerprint density at radius 2 is 2.26 bits per heavy atom. The van der Waals surface area contributed by atoms with Gasteiger partial charge < -0.3 is 10.1 Å². The summed E-state index contributed by atoms with van der Waals surface area (Å²) < 4.78 is 4.57. The van der Waals surface area contributed by atoms with Crippen LogP contribution in [-0.2, 0) is 16.0 Å². The Balaban J connectivity index is 2.35. The van der Waals surface area contributed by atoms with Crippen molar-refractivity contribution in [3.05, 3.63) is 40.4 Å². The summed E-state index contributed by atoms with van der Waals surface area (Å²) >= 11 is 1.37. The van der Waals surface area contributed by atoms with Crippen LogP contribution in [0.5, 0.6) is 0 Å². The van der Waals surface area contributed by atoms with Gasteiger partial charge in [0.15, 0.2) is 5.69 Å². The molecule has 0 aliphatic heterocycles. The second-order valence-electron chi connectivity index (χ2n) is 3.54. The van der Waals surface area contributed by atoms with Crippen molar-refractivity contribution in [1.82, 2.24) is 10.3 Å². The lowest BCUT2D eigenvalue weighted by molar-refractivity contribution is -0.116. The van der Waals surface area contributed by atoms with Gasteiger partial charge in [0.2, 0.25) is 5.91 Å². The number of allylic oxidation sites excluding steroid dienone is 3. The van der Waals surface area contributed by atoms with Gasteiger partial charge >= 0.3 is 5.97 Å². The molecule has 0 fully saturated rings. The molecule has 1 rings (SSSR count). The zero-order valence-electron chi connectivity index (χ0n) is 10.9. The molecule has 1 amide bonds. The van der Waals surface area contributed by atoms with Crippen molar-refractivity contribution >= 4 is 23.2 Å². The molecule has 5 nitrogen and oxygen atoms in total. The van der Waals surface area contributed by atoms with Gasteiger partial charge in [-0.15, -0.1) is 11.3 Å². The average molecular weight is 280 g/mol. The van der Waals surface area contributed by atoms with E-state index < -0.39 is 5.97 Å². The number of nitrogens with zero attached hydrogens (tertiary/aromatic N) is 1. The molecule has 6 heteroatoms. The predicted octanol–water partition coefficient (Wildman–Crippen LogP) is 1.72. The molecule has 1 aromatic heterocycles. The summed E-state index contributed by atoms with van der Waals surface area (Å²) in [5.74, 6) is -0.594. The number of ether oxygens (including phenoxy) is 1. The molecule has 0 unspecified atom stereocenters. The molecule has 0 spiro atoms. The van der Waals surface area contributed by atoms with E-state index >= 15 is 0 Å². The number of nitrogens with one attached hydrogen (secondary N) is 1. The fourth-order valence-corrected chi connectivity index (χ4v) is 2.00. The molecule has 0 bridgehead atoms. The Morgan fingerprint density at radius 3 is 2.95 bits per heavy atom. The number of carbonyl (C=O) groups is 2. The van der Waals surface area contributed by atoms with Gasteiger partial charge in [-0.3, -0.25) is 4.79 Å². The van der Waals surface area contributed by atoms with E-state index in [0.717, 1.165) is 5.01 Å². The van der Waals surface area contributed by atoms with Crippen molar-refractivity contribution in [3.63, 3.8) is 0 Å². The molecule has 0 aromatic carbocycles. The van der Waals surface area contributed by atoms with Gasteiger partial charge in [-0.2, -0.15) is 0 Å². The third-order valence-corrected chi connectivity index (χ3v) is 3.04. The van der Waals surface area contributed by atoms with E-state index in [1.165, 1.54) is 24.5 Å². The summed E-state index contributed by atoms with van der Waals surface area (Å²) in [6, 6.07) is 0. The minimum Gasteiger partial charge on any atom is -0.464 e. The van der Waals surface area contributed by atoms with Crippen molar-refractivity contribution < 1.29 is 14.3 Å². The molecule has 0 saturated heterocycles. The van der Waals surface area contributed by atoms with E-state index in [1.54, 1.807) is 17.5 Å². The SMILES string of the molecule is C/C=C/C=C/C(=O)NCCc1nc(C(=O)OC)cs1. The van der Waals surface area contributed by atoms with Gasteiger partial charge in [0, 0.05) is 24.4 Å². The topological polar surface area (TPSA) is 68.3 Å². The van der Waals surface area contributed by atoms with Crippen molar-refractivity contribution in [2.45, 2.75) is 13.3 Å². The summed E-state index contributed by atoms with van der Waals surface area (Å²) in [5.41, 5.74) is 0.307. The Bertz CT molecular complexity index is 492. The van der Waals surface area contributed by atoms with E-state index in [2.05, 4.69) is 15.0 Å². The fraction of sp³-hybridized carbons (Fsp3) is 0.308. The van der Waals surface area contributed by atoms with Gasteiger partial charge in [-0.25, -0.2) is 9.78 Å². The molecule has 0 radical (unpaired) electrons. The first-order valence-electron chi connectivity index (χ1n) is 5.77. The number of hydrogen-bond acceptors (Lipinski definition) is 5. The van der Waals surface area contributed by atoms with E-state index in [4.69, 9.17) is 0 Å². The van der Waals surface area contributed by atoms with E-state index in [0.29, 0.717) is 18.7 Å². The Morgan fingerprint density at radius 1 is 1.47 bits per heavy atom. The number of esters is 1. The lowest BCUT2D eigenvalue weighted by Crippen LogP contribution is -2.23. The zero-order chi connectivity index (χ0) is 14.1. The summed E-state index contributed by atoms with van der Waals surface area (Å²) in [6.45, 7) is 2.36. The van der Waals surface area contributed by atoms with Crippen molar-refractivity contribution in [1.29, 1.82) is 0 Å². The highest BCUT2D eigenvalue weighted by molar-refractivity contribution is 7.09. The van der Waals surface area contributed by atoms with Crippen LogP contribution < -0.4 is 5.32 Å². The van der Waals surface area contributed by atoms with Crippen LogP contribution in [0.15, 0.2) is 29.7 Å². The lowest BCUT2D eigenvalue weighted by Gasteiger charge is -1.99. The maximum atomic E-state index is 11.3. The summed E-state index contributed by atoms with van der Waals surface area (Å²) in [6.07, 6.45) is 7.34. The number of carbonyl (C=O) groups excluding carboxylic acids is 2. The molecule has 1 heterocycles. The Hall–Kier alpha value is -1.95. The molecule has 0 aliphatic rings. The number of thiazole rings is 1. The number of aromatic nitrogens is 1. The predicted molar refractivity (Wildman–Crippen MR) is 74.1 cm³/mol. The van der Waals surface area contributed by atoms with Gasteiger partial charge in [-0.1, -0.05) is 18.2 Å². The highest BCUT2D eigenvalue weighted by atomic mass is 32.1. The lowest BCUT2D eigenvalue weighted by atomic mass is 10.4. The van der Waals surface area contributed by atoms with Gasteiger partial charge in [0.1, 0.15) is 0 Å². The van der Waals surface area contributed by atoms with E-state index in [9.17, 15) is 9.59 Å². The maximum Gasteiger partial charge on any atom is 0.357 e. The molecular weight excluding hydrogens is 264 g/mol. The summed E-state index contributed by atoms with van der Waals surface area (Å²) in [4.78, 5) is 26.7. The number of methoxy groups -OCH3 is 1. The van der Waals surface area contributed by atoms with Gasteiger partial charge in [0.25, 0.3) is 0 Å². The quantitative estimate of drug-likeness (QED) is 0.489. The molecule has 0 saturated carbocycles. The van der Waals surface area contributed by atoms with Crippen LogP contribution in [0, 0.1) is 0 Å². The van der Waals surface area contributed by atoms with Crippen molar-refractivity contribution in [3.8, 4) is 0 Å². The van der Waals surface area contributed by atoms with Crippen LogP contribution in [0.1, 0.15) is 22.4 Å². The Kier molecular flexibility index (Phi) is 6.52. The van der Waals surface area contributed by atoms with Gasteiger partial charge in [0.05, 0.1) is 12.1 Å². The van der Waals surface area contributed by atoms with Crippen LogP contribution in [0.25, 0.3) is 0 Å². The minimum atomic E-state index is -0.444. The van der Waals surface area contributed by atoms with E-state index in [1.807, 2.05) is 13.0 Å². The molecule has 1 N–H and O–H groups in total. The molecule has 19 heavy (non-hydrogen) atoms. The van der Waals surface area contributed by atoms with Crippen LogP contribution in [-0.4, -0.2) is 30.5 Å². The minimum absolute atomic E-state index is 0.150. The first-order valence-corrected chi connectivity index (χ1v) is 6.65.